The molecule has 1 aliphatic rings. The number of hydrogen-bond donors (Lipinski definition) is 1. The van der Waals surface area contributed by atoms with Gasteiger partial charge in [-0.2, -0.15) is 0 Å². The molecule has 1 aliphatic heterocycles. The fraction of sp³-hybridized carbons (Fsp3) is 1.00. The molecule has 0 aromatic rings. The van der Waals surface area contributed by atoms with E-state index in [1.807, 2.05) is 0 Å². The van der Waals surface area contributed by atoms with Crippen molar-refractivity contribution in [1.29, 1.82) is 0 Å². The van der Waals surface area contributed by atoms with Crippen LogP contribution in [-0.2, 0) is 4.74 Å². The second-order valence-electron chi connectivity index (χ2n) is 2.86. The van der Waals surface area contributed by atoms with Gasteiger partial charge in [0.15, 0.2) is 0 Å². The average Bonchev–Trinajstić information content (AvgIpc) is 1.85. The van der Waals surface area contributed by atoms with E-state index in [-0.39, 0.29) is 25.6 Å². The highest BCUT2D eigenvalue weighted by Gasteiger charge is 2.36. The second-order valence-corrected chi connectivity index (χ2v) is 2.86. The first-order valence-electron chi connectivity index (χ1n) is 3.78. The number of nitrogens with one attached hydrogen (secondary N) is 1. The number of ether oxygens (including phenoxy) is 1. The van der Waals surface area contributed by atoms with Gasteiger partial charge in [-0.15, -0.1) is 0 Å². The van der Waals surface area contributed by atoms with E-state index in [4.69, 9.17) is 4.74 Å². The first-order chi connectivity index (χ1) is 5.14. The molecule has 1 saturated heterocycles. The Balaban J connectivity index is 2.34. The van der Waals surface area contributed by atoms with Gasteiger partial charge in [0.25, 0.3) is 5.92 Å². The molecule has 0 radical (unpaired) electrons. The topological polar surface area (TPSA) is 21.3 Å². The average molecular weight is 165 g/mol. The van der Waals surface area contributed by atoms with E-state index in [0.29, 0.717) is 6.54 Å². The zero-order valence-corrected chi connectivity index (χ0v) is 6.57. The number of alkyl halides is 2. The molecule has 0 saturated carbocycles. The van der Waals surface area contributed by atoms with Gasteiger partial charge < -0.3 is 10.1 Å². The summed E-state index contributed by atoms with van der Waals surface area (Å²) in [5.74, 6) is -2.51. The fourth-order valence-corrected chi connectivity index (χ4v) is 1.23. The normalized spacial score (nSPS) is 30.3. The second kappa shape index (κ2) is 3.45. The molecule has 0 spiro atoms. The van der Waals surface area contributed by atoms with Gasteiger partial charge in [-0.25, -0.2) is 8.78 Å². The minimum absolute atomic E-state index is 0.132. The van der Waals surface area contributed by atoms with Gasteiger partial charge in [-0.3, -0.25) is 0 Å². The van der Waals surface area contributed by atoms with Crippen LogP contribution in [-0.4, -0.2) is 32.2 Å². The number of halogens is 2. The highest BCUT2D eigenvalue weighted by Crippen LogP contribution is 2.29. The summed E-state index contributed by atoms with van der Waals surface area (Å²) in [6.45, 7) is 0.689. The molecule has 1 atom stereocenters. The molecule has 1 fully saturated rings. The predicted molar refractivity (Wildman–Crippen MR) is 37.8 cm³/mol. The molecule has 0 aliphatic carbocycles. The molecule has 1 unspecified atom stereocenters. The number of rotatable bonds is 2. The van der Waals surface area contributed by atoms with Crippen LogP contribution in [0.2, 0.25) is 0 Å². The van der Waals surface area contributed by atoms with Crippen molar-refractivity contribution in [2.45, 2.75) is 24.9 Å². The third kappa shape index (κ3) is 2.71. The van der Waals surface area contributed by atoms with Gasteiger partial charge in [0, 0.05) is 19.4 Å². The highest BCUT2D eigenvalue weighted by molar-refractivity contribution is 4.77. The number of likely N-dealkylation sites (N-methyl/N-ethyl adjacent to an activating group) is 1. The van der Waals surface area contributed by atoms with Crippen molar-refractivity contribution in [2.75, 3.05) is 20.2 Å². The van der Waals surface area contributed by atoms with Crippen LogP contribution in [0.25, 0.3) is 0 Å². The monoisotopic (exact) mass is 165 g/mol. The van der Waals surface area contributed by atoms with Crippen molar-refractivity contribution >= 4 is 0 Å². The predicted octanol–water partition coefficient (Wildman–Crippen LogP) is 1.02. The summed E-state index contributed by atoms with van der Waals surface area (Å²) in [7, 11) is 1.73. The summed E-state index contributed by atoms with van der Waals surface area (Å²) in [5.41, 5.74) is 0. The molecule has 2 nitrogen and oxygen atoms in total. The van der Waals surface area contributed by atoms with E-state index < -0.39 is 5.92 Å². The van der Waals surface area contributed by atoms with Crippen LogP contribution in [0.4, 0.5) is 8.78 Å². The van der Waals surface area contributed by atoms with Gasteiger partial charge in [0.05, 0.1) is 12.7 Å². The molecule has 1 rings (SSSR count). The SMILES string of the molecule is CNCC1CC(F)(F)CCO1. The van der Waals surface area contributed by atoms with Crippen LogP contribution in [0.5, 0.6) is 0 Å². The van der Waals surface area contributed by atoms with Crippen molar-refractivity contribution in [3.63, 3.8) is 0 Å². The summed E-state index contributed by atoms with van der Waals surface area (Å²) in [6, 6.07) is 0. The molecule has 1 N–H and O–H groups in total. The van der Waals surface area contributed by atoms with E-state index in [9.17, 15) is 8.78 Å². The van der Waals surface area contributed by atoms with Crippen LogP contribution in [0.15, 0.2) is 0 Å². The van der Waals surface area contributed by atoms with E-state index in [1.54, 1.807) is 7.05 Å². The first-order valence-corrected chi connectivity index (χ1v) is 3.78. The zero-order valence-electron chi connectivity index (χ0n) is 6.57. The molecule has 66 valence electrons. The molecular weight excluding hydrogens is 152 g/mol. The molecule has 0 aromatic heterocycles. The Morgan fingerprint density at radius 3 is 2.91 bits per heavy atom. The van der Waals surface area contributed by atoms with E-state index in [2.05, 4.69) is 5.32 Å². The molecule has 0 aromatic carbocycles. The molecule has 0 amide bonds. The quantitative estimate of drug-likeness (QED) is 0.659. The molecule has 4 heteroatoms. The van der Waals surface area contributed by atoms with Gasteiger partial charge in [0.1, 0.15) is 0 Å². The Hall–Kier alpha value is -0.220. The lowest BCUT2D eigenvalue weighted by atomic mass is 10.1. The maximum Gasteiger partial charge on any atom is 0.252 e. The van der Waals surface area contributed by atoms with E-state index in [1.165, 1.54) is 0 Å². The van der Waals surface area contributed by atoms with Crippen LogP contribution in [0.3, 0.4) is 0 Å². The van der Waals surface area contributed by atoms with Crippen LogP contribution in [0.1, 0.15) is 12.8 Å². The van der Waals surface area contributed by atoms with Crippen LogP contribution < -0.4 is 5.32 Å². The third-order valence-electron chi connectivity index (χ3n) is 1.78. The fourth-order valence-electron chi connectivity index (χ4n) is 1.23. The lowest BCUT2D eigenvalue weighted by molar-refractivity contribution is -0.125. The van der Waals surface area contributed by atoms with E-state index in [0.717, 1.165) is 0 Å². The smallest absolute Gasteiger partial charge is 0.252 e. The van der Waals surface area contributed by atoms with Gasteiger partial charge in [-0.1, -0.05) is 0 Å². The van der Waals surface area contributed by atoms with Crippen LogP contribution in [0, 0.1) is 0 Å². The highest BCUT2D eigenvalue weighted by atomic mass is 19.3. The summed E-state index contributed by atoms with van der Waals surface area (Å²) < 4.78 is 30.5. The summed E-state index contributed by atoms with van der Waals surface area (Å²) in [6.07, 6.45) is -0.593. The molecule has 1 heterocycles. The largest absolute Gasteiger partial charge is 0.376 e. The summed E-state index contributed by atoms with van der Waals surface area (Å²) >= 11 is 0. The lowest BCUT2D eigenvalue weighted by Crippen LogP contribution is -2.38. The minimum Gasteiger partial charge on any atom is -0.376 e. The standard InChI is InChI=1S/C7H13F2NO/c1-10-5-6-4-7(8,9)2-3-11-6/h6,10H,2-5H2,1H3. The number of hydrogen-bond acceptors (Lipinski definition) is 2. The Morgan fingerprint density at radius 2 is 2.36 bits per heavy atom. The van der Waals surface area contributed by atoms with Crippen molar-refractivity contribution in [3.8, 4) is 0 Å². The molecule has 0 bridgehead atoms. The maximum atomic E-state index is 12.7. The zero-order chi connectivity index (χ0) is 8.32. The Kier molecular flexibility index (Phi) is 2.78. The Labute approximate surface area is 64.9 Å². The third-order valence-corrected chi connectivity index (χ3v) is 1.78. The van der Waals surface area contributed by atoms with Gasteiger partial charge in [0.2, 0.25) is 0 Å². The van der Waals surface area contributed by atoms with E-state index >= 15 is 0 Å². The Bertz CT molecular complexity index is 128. The maximum absolute atomic E-state index is 12.7. The van der Waals surface area contributed by atoms with Crippen molar-refractivity contribution in [3.05, 3.63) is 0 Å². The van der Waals surface area contributed by atoms with Gasteiger partial charge >= 0.3 is 0 Å². The van der Waals surface area contributed by atoms with Crippen molar-refractivity contribution < 1.29 is 13.5 Å². The molecular formula is C7H13F2NO. The first kappa shape index (κ1) is 8.87. The van der Waals surface area contributed by atoms with Gasteiger partial charge in [-0.05, 0) is 7.05 Å². The molecule has 11 heavy (non-hydrogen) atoms. The van der Waals surface area contributed by atoms with Crippen molar-refractivity contribution in [1.82, 2.24) is 5.32 Å². The lowest BCUT2D eigenvalue weighted by Gasteiger charge is -2.28. The van der Waals surface area contributed by atoms with Crippen LogP contribution >= 0.6 is 0 Å². The summed E-state index contributed by atoms with van der Waals surface area (Å²) in [4.78, 5) is 0. The summed E-state index contributed by atoms with van der Waals surface area (Å²) in [5, 5.41) is 2.82. The minimum atomic E-state index is -2.51. The van der Waals surface area contributed by atoms with Crippen molar-refractivity contribution in [2.24, 2.45) is 0 Å². The Morgan fingerprint density at radius 1 is 1.64 bits per heavy atom.